The predicted molar refractivity (Wildman–Crippen MR) is 77.9 cm³/mol. The normalized spacial score (nSPS) is 11.5. The summed E-state index contributed by atoms with van der Waals surface area (Å²) in [4.78, 5) is 4.16. The number of aromatic nitrogens is 3. The number of rotatable bonds is 4. The van der Waals surface area contributed by atoms with Crippen molar-refractivity contribution in [2.45, 2.75) is 13.0 Å². The Morgan fingerprint density at radius 1 is 1.00 bits per heavy atom. The average Bonchev–Trinajstić information content (AvgIpc) is 3.04. The zero-order valence-corrected chi connectivity index (χ0v) is 12.2. The summed E-state index contributed by atoms with van der Waals surface area (Å²) in [7, 11) is 0. The molecule has 0 fully saturated rings. The van der Waals surface area contributed by atoms with E-state index in [9.17, 15) is 18.3 Å². The highest BCUT2D eigenvalue weighted by molar-refractivity contribution is 5.55. The van der Waals surface area contributed by atoms with Gasteiger partial charge in [-0.25, -0.2) is 14.8 Å². The molecule has 0 unspecified atom stereocenters. The highest BCUT2D eigenvalue weighted by atomic mass is 19.4. The number of halogens is 3. The zero-order valence-electron chi connectivity index (χ0n) is 12.2. The topological polar surface area (TPSA) is 59.8 Å². The van der Waals surface area contributed by atoms with Crippen molar-refractivity contribution in [3.8, 4) is 22.8 Å². The third kappa shape index (κ3) is 3.72. The van der Waals surface area contributed by atoms with E-state index in [4.69, 9.17) is 0 Å². The van der Waals surface area contributed by atoms with Gasteiger partial charge in [0, 0.05) is 5.56 Å². The van der Waals surface area contributed by atoms with Crippen LogP contribution in [0.1, 0.15) is 5.56 Å². The van der Waals surface area contributed by atoms with Gasteiger partial charge in [-0.15, -0.1) is 18.3 Å². The molecular formula is C16H11F3N3O2. The standard InChI is InChI=1S/C16H11F3N3O2/c17-16(18,19)24-14-7-5-13(6-8-14)22-10-20-15(21-22)12-3-1-11(9-23)2-4-12/h1-8,10H,9H2. The van der Waals surface area contributed by atoms with Gasteiger partial charge in [0.1, 0.15) is 18.7 Å². The van der Waals surface area contributed by atoms with Crippen LogP contribution in [0.25, 0.3) is 17.1 Å². The molecule has 0 aliphatic carbocycles. The van der Waals surface area contributed by atoms with Gasteiger partial charge in [0.15, 0.2) is 5.82 Å². The number of hydrogen-bond acceptors (Lipinski definition) is 3. The molecule has 5 nitrogen and oxygen atoms in total. The quantitative estimate of drug-likeness (QED) is 0.730. The summed E-state index contributed by atoms with van der Waals surface area (Å²) < 4.78 is 41.7. The van der Waals surface area contributed by atoms with Crippen LogP contribution in [0.2, 0.25) is 0 Å². The fourth-order valence-electron chi connectivity index (χ4n) is 2.07. The van der Waals surface area contributed by atoms with Gasteiger partial charge in [-0.3, -0.25) is 0 Å². The van der Waals surface area contributed by atoms with Crippen LogP contribution < -0.4 is 4.74 Å². The lowest BCUT2D eigenvalue weighted by molar-refractivity contribution is -0.274. The van der Waals surface area contributed by atoms with Crippen molar-refractivity contribution >= 4 is 0 Å². The zero-order chi connectivity index (χ0) is 17.2. The van der Waals surface area contributed by atoms with Crippen LogP contribution in [-0.4, -0.2) is 21.1 Å². The molecule has 0 aliphatic rings. The first-order valence-corrected chi connectivity index (χ1v) is 6.90. The average molecular weight is 334 g/mol. The monoisotopic (exact) mass is 334 g/mol. The summed E-state index contributed by atoms with van der Waals surface area (Å²) in [5, 5.41) is 15.0. The fraction of sp³-hybridized carbons (Fsp3) is 0.125. The lowest BCUT2D eigenvalue weighted by Crippen LogP contribution is -2.17. The third-order valence-corrected chi connectivity index (χ3v) is 3.21. The minimum atomic E-state index is -4.72. The van der Waals surface area contributed by atoms with Crippen molar-refractivity contribution in [2.24, 2.45) is 0 Å². The Morgan fingerprint density at radius 2 is 1.67 bits per heavy atom. The maximum atomic E-state index is 12.1. The van der Waals surface area contributed by atoms with Gasteiger partial charge in [-0.05, 0) is 29.8 Å². The summed E-state index contributed by atoms with van der Waals surface area (Å²) in [6, 6.07) is 12.2. The van der Waals surface area contributed by atoms with Gasteiger partial charge >= 0.3 is 6.36 Å². The van der Waals surface area contributed by atoms with Crippen molar-refractivity contribution in [1.29, 1.82) is 0 Å². The highest BCUT2D eigenvalue weighted by Gasteiger charge is 2.30. The van der Waals surface area contributed by atoms with Crippen molar-refractivity contribution in [3.05, 3.63) is 60.4 Å². The van der Waals surface area contributed by atoms with Gasteiger partial charge in [0.2, 0.25) is 0 Å². The Kier molecular flexibility index (Phi) is 4.22. The van der Waals surface area contributed by atoms with E-state index in [0.717, 1.165) is 5.56 Å². The van der Waals surface area contributed by atoms with Crippen LogP contribution in [0.5, 0.6) is 5.75 Å². The third-order valence-electron chi connectivity index (χ3n) is 3.21. The number of ether oxygens (including phenoxy) is 1. The van der Waals surface area contributed by atoms with Crippen LogP contribution in [0, 0.1) is 0 Å². The van der Waals surface area contributed by atoms with E-state index in [1.54, 1.807) is 24.3 Å². The molecule has 0 bridgehead atoms. The summed E-state index contributed by atoms with van der Waals surface area (Å²) in [5.41, 5.74) is 1.95. The smallest absolute Gasteiger partial charge is 0.406 e. The van der Waals surface area contributed by atoms with Crippen molar-refractivity contribution in [3.63, 3.8) is 0 Å². The molecule has 3 rings (SSSR count). The molecule has 0 saturated heterocycles. The van der Waals surface area contributed by atoms with Crippen LogP contribution in [0.4, 0.5) is 13.2 Å². The molecule has 1 radical (unpaired) electrons. The summed E-state index contributed by atoms with van der Waals surface area (Å²) in [5.74, 6) is 0.142. The van der Waals surface area contributed by atoms with E-state index in [1.807, 2.05) is 0 Å². The molecule has 0 amide bonds. The summed E-state index contributed by atoms with van der Waals surface area (Å²) in [6.45, 7) is -0.297. The molecule has 123 valence electrons. The Balaban J connectivity index is 1.79. The molecular weight excluding hydrogens is 323 g/mol. The number of benzene rings is 2. The first-order chi connectivity index (χ1) is 11.4. The van der Waals surface area contributed by atoms with Gasteiger partial charge in [0.05, 0.1) is 5.69 Å². The molecule has 3 aromatic rings. The van der Waals surface area contributed by atoms with Gasteiger partial charge in [-0.1, -0.05) is 24.3 Å². The minimum absolute atomic E-state index is 0.297. The second-order valence-corrected chi connectivity index (χ2v) is 4.90. The van der Waals surface area contributed by atoms with Crippen LogP contribution >= 0.6 is 0 Å². The van der Waals surface area contributed by atoms with Crippen molar-refractivity contribution < 1.29 is 23.0 Å². The second-order valence-electron chi connectivity index (χ2n) is 4.90. The van der Waals surface area contributed by atoms with Gasteiger partial charge < -0.3 is 4.74 Å². The van der Waals surface area contributed by atoms with Crippen molar-refractivity contribution in [1.82, 2.24) is 14.8 Å². The van der Waals surface area contributed by atoms with Crippen LogP contribution in [-0.2, 0) is 11.7 Å². The molecule has 1 heterocycles. The van der Waals surface area contributed by atoms with E-state index in [2.05, 4.69) is 14.8 Å². The largest absolute Gasteiger partial charge is 0.573 e. The van der Waals surface area contributed by atoms with Gasteiger partial charge in [0.25, 0.3) is 0 Å². The number of alkyl halides is 3. The fourth-order valence-corrected chi connectivity index (χ4v) is 2.07. The molecule has 0 atom stereocenters. The van der Waals surface area contributed by atoms with Crippen LogP contribution in [0.15, 0.2) is 54.9 Å². The maximum Gasteiger partial charge on any atom is 0.573 e. The molecule has 1 aromatic heterocycles. The maximum absolute atomic E-state index is 12.1. The van der Waals surface area contributed by atoms with E-state index < -0.39 is 6.36 Å². The second kappa shape index (κ2) is 6.32. The SMILES string of the molecule is [O]Cc1ccc(-c2ncn(-c3ccc(OC(F)(F)F)cc3)n2)cc1. The van der Waals surface area contributed by atoms with E-state index in [1.165, 1.54) is 35.3 Å². The number of hydrogen-bond donors (Lipinski definition) is 0. The lowest BCUT2D eigenvalue weighted by atomic mass is 10.1. The van der Waals surface area contributed by atoms with Crippen molar-refractivity contribution in [2.75, 3.05) is 0 Å². The predicted octanol–water partition coefficient (Wildman–Crippen LogP) is 3.76. The summed E-state index contributed by atoms with van der Waals surface area (Å²) in [6.07, 6.45) is -3.27. The highest BCUT2D eigenvalue weighted by Crippen LogP contribution is 2.24. The molecule has 0 N–H and O–H groups in total. The van der Waals surface area contributed by atoms with Crippen LogP contribution in [0.3, 0.4) is 0 Å². The van der Waals surface area contributed by atoms with E-state index >= 15 is 0 Å². The number of nitrogens with zero attached hydrogens (tertiary/aromatic N) is 3. The van der Waals surface area contributed by atoms with E-state index in [-0.39, 0.29) is 12.4 Å². The Hall–Kier alpha value is -2.87. The lowest BCUT2D eigenvalue weighted by Gasteiger charge is -2.09. The molecule has 24 heavy (non-hydrogen) atoms. The van der Waals surface area contributed by atoms with Gasteiger partial charge in [-0.2, -0.15) is 0 Å². The van der Waals surface area contributed by atoms with E-state index in [0.29, 0.717) is 17.1 Å². The first-order valence-electron chi connectivity index (χ1n) is 6.90. The Labute approximate surface area is 135 Å². The molecule has 2 aromatic carbocycles. The first kappa shape index (κ1) is 16.0. The molecule has 0 spiro atoms. The minimum Gasteiger partial charge on any atom is -0.406 e. The molecule has 0 saturated carbocycles. The summed E-state index contributed by atoms with van der Waals surface area (Å²) >= 11 is 0. The molecule has 8 heteroatoms. The molecule has 0 aliphatic heterocycles. The Morgan fingerprint density at radius 3 is 2.25 bits per heavy atom. The Bertz CT molecular complexity index is 812.